The van der Waals surface area contributed by atoms with E-state index in [-0.39, 0.29) is 13.2 Å². The summed E-state index contributed by atoms with van der Waals surface area (Å²) in [5.74, 6) is 0. The summed E-state index contributed by atoms with van der Waals surface area (Å²) in [6.45, 7) is 6.46. The van der Waals surface area contributed by atoms with Gasteiger partial charge in [0.1, 0.15) is 0 Å². The molecule has 128 valence electrons. The highest BCUT2D eigenvalue weighted by atomic mass is 28.4. The van der Waals surface area contributed by atoms with Crippen LogP contribution in [-0.2, 0) is 13.3 Å². The first-order chi connectivity index (χ1) is 10.1. The summed E-state index contributed by atoms with van der Waals surface area (Å²) in [5.41, 5.74) is 0. The van der Waals surface area contributed by atoms with Gasteiger partial charge >= 0.3 is 8.80 Å². The van der Waals surface area contributed by atoms with Gasteiger partial charge in [-0.05, 0) is 6.92 Å². The van der Waals surface area contributed by atoms with Crippen LogP contribution in [0.4, 0.5) is 0 Å². The first-order valence-corrected chi connectivity index (χ1v) is 9.73. The third-order valence-corrected chi connectivity index (χ3v) is 7.13. The average molecular weight is 325 g/mol. The van der Waals surface area contributed by atoms with Crippen molar-refractivity contribution in [3.8, 4) is 0 Å². The van der Waals surface area contributed by atoms with Gasteiger partial charge in [0.05, 0.1) is 26.2 Å². The second-order valence-corrected chi connectivity index (χ2v) is 8.47. The topological polar surface area (TPSA) is 68.2 Å². The monoisotopic (exact) mass is 324 g/mol. The van der Waals surface area contributed by atoms with E-state index in [0.717, 1.165) is 56.0 Å². The molecule has 21 heavy (non-hydrogen) atoms. The van der Waals surface area contributed by atoms with E-state index >= 15 is 0 Å². The van der Waals surface area contributed by atoms with Gasteiger partial charge < -0.3 is 28.0 Å². The van der Waals surface area contributed by atoms with Crippen molar-refractivity contribution < 1.29 is 28.0 Å². The molecule has 7 heteroatoms. The van der Waals surface area contributed by atoms with E-state index in [9.17, 15) is 0 Å². The van der Waals surface area contributed by atoms with Crippen LogP contribution in [-0.4, -0.2) is 84.2 Å². The number of quaternary nitrogens is 1. The van der Waals surface area contributed by atoms with Crippen LogP contribution in [0, 0.1) is 0 Å². The summed E-state index contributed by atoms with van der Waals surface area (Å²) in [6, 6.07) is 0.786. The SMILES string of the molecule is CC[N+](CCCO)(CCCO)CCC[Si](OC)(OC)OC. The van der Waals surface area contributed by atoms with Crippen LogP contribution in [0.2, 0.25) is 6.04 Å². The third kappa shape index (κ3) is 7.18. The molecule has 0 saturated carbocycles. The zero-order valence-electron chi connectivity index (χ0n) is 14.1. The summed E-state index contributed by atoms with van der Waals surface area (Å²) < 4.78 is 17.3. The molecule has 0 fully saturated rings. The lowest BCUT2D eigenvalue weighted by Crippen LogP contribution is -2.51. The van der Waals surface area contributed by atoms with Crippen LogP contribution in [0.15, 0.2) is 0 Å². The zero-order chi connectivity index (χ0) is 16.2. The van der Waals surface area contributed by atoms with E-state index in [1.165, 1.54) is 0 Å². The molecule has 6 nitrogen and oxygen atoms in total. The van der Waals surface area contributed by atoms with Crippen molar-refractivity contribution in [1.29, 1.82) is 0 Å². The van der Waals surface area contributed by atoms with Crippen LogP contribution in [0.3, 0.4) is 0 Å². The lowest BCUT2D eigenvalue weighted by molar-refractivity contribution is -0.927. The van der Waals surface area contributed by atoms with Gasteiger partial charge in [-0.2, -0.15) is 0 Å². The molecule has 0 heterocycles. The number of aliphatic hydroxyl groups excluding tert-OH is 2. The summed E-state index contributed by atoms with van der Waals surface area (Å²) >= 11 is 0. The highest BCUT2D eigenvalue weighted by Gasteiger charge is 2.38. The fourth-order valence-electron chi connectivity index (χ4n) is 2.81. The van der Waals surface area contributed by atoms with Gasteiger partial charge in [-0.1, -0.05) is 0 Å². The van der Waals surface area contributed by atoms with Crippen molar-refractivity contribution in [2.75, 3.05) is 60.7 Å². The van der Waals surface area contributed by atoms with Gasteiger partial charge in [0.25, 0.3) is 0 Å². The van der Waals surface area contributed by atoms with Crippen LogP contribution >= 0.6 is 0 Å². The molecule has 0 aromatic rings. The van der Waals surface area contributed by atoms with E-state index in [4.69, 9.17) is 23.5 Å². The minimum absolute atomic E-state index is 0.214. The van der Waals surface area contributed by atoms with Crippen LogP contribution in [0.25, 0.3) is 0 Å². The highest BCUT2D eigenvalue weighted by Crippen LogP contribution is 2.19. The Morgan fingerprint density at radius 2 is 1.24 bits per heavy atom. The first kappa shape index (κ1) is 21.0. The number of hydrogen-bond donors (Lipinski definition) is 2. The van der Waals surface area contributed by atoms with Gasteiger partial charge in [-0.25, -0.2) is 0 Å². The average Bonchev–Trinajstić information content (AvgIpc) is 2.54. The number of aliphatic hydroxyl groups is 2. The lowest BCUT2D eigenvalue weighted by atomic mass is 10.2. The number of nitrogens with zero attached hydrogens (tertiary/aromatic N) is 1. The minimum Gasteiger partial charge on any atom is -0.396 e. The number of hydrogen-bond acceptors (Lipinski definition) is 5. The Morgan fingerprint density at radius 3 is 1.57 bits per heavy atom. The molecule has 0 saturated heterocycles. The molecular weight excluding hydrogens is 290 g/mol. The Bertz CT molecular complexity index is 235. The summed E-state index contributed by atoms with van der Waals surface area (Å²) in [5, 5.41) is 18.2. The molecule has 0 radical (unpaired) electrons. The largest absolute Gasteiger partial charge is 0.500 e. The lowest BCUT2D eigenvalue weighted by Gasteiger charge is -2.38. The van der Waals surface area contributed by atoms with Crippen molar-refractivity contribution >= 4 is 8.80 Å². The Labute approximate surface area is 130 Å². The molecule has 0 atom stereocenters. The maximum absolute atomic E-state index is 9.11. The summed E-state index contributed by atoms with van der Waals surface area (Å²) in [4.78, 5) is 0. The Kier molecular flexibility index (Phi) is 11.5. The molecule has 0 aliphatic heterocycles. The highest BCUT2D eigenvalue weighted by molar-refractivity contribution is 6.60. The van der Waals surface area contributed by atoms with Crippen molar-refractivity contribution in [3.05, 3.63) is 0 Å². The predicted octanol–water partition coefficient (Wildman–Crippen LogP) is 0.856. The standard InChI is InChI=1S/C14H34NO5Si/c1-5-15(9-6-12-16,10-7-13-17)11-8-14-21(18-2,19-3)20-4/h16-17H,5-14H2,1-4H3/q+1. The van der Waals surface area contributed by atoms with Crippen molar-refractivity contribution in [1.82, 2.24) is 0 Å². The fraction of sp³-hybridized carbons (Fsp3) is 1.00. The molecular formula is C14H34NO5Si+. The Balaban J connectivity index is 4.58. The molecule has 0 aromatic carbocycles. The van der Waals surface area contributed by atoms with Gasteiger partial charge in [0, 0.05) is 59.8 Å². The molecule has 0 bridgehead atoms. The molecule has 0 amide bonds. The van der Waals surface area contributed by atoms with E-state index in [0.29, 0.717) is 0 Å². The second kappa shape index (κ2) is 11.5. The fourth-order valence-corrected chi connectivity index (χ4v) is 4.51. The van der Waals surface area contributed by atoms with E-state index in [2.05, 4.69) is 6.92 Å². The maximum atomic E-state index is 9.11. The zero-order valence-corrected chi connectivity index (χ0v) is 15.1. The van der Waals surface area contributed by atoms with Gasteiger partial charge in [-0.3, -0.25) is 0 Å². The summed E-state index contributed by atoms with van der Waals surface area (Å²) in [6.07, 6.45) is 2.54. The van der Waals surface area contributed by atoms with E-state index in [1.54, 1.807) is 21.3 Å². The Hall–Kier alpha value is -0.0231. The van der Waals surface area contributed by atoms with Gasteiger partial charge in [0.2, 0.25) is 0 Å². The van der Waals surface area contributed by atoms with E-state index < -0.39 is 8.80 Å². The molecule has 0 aliphatic carbocycles. The Morgan fingerprint density at radius 1 is 0.810 bits per heavy atom. The van der Waals surface area contributed by atoms with Crippen molar-refractivity contribution in [2.24, 2.45) is 0 Å². The third-order valence-electron chi connectivity index (χ3n) is 4.30. The molecule has 0 unspecified atom stereocenters. The van der Waals surface area contributed by atoms with Gasteiger partial charge in [-0.15, -0.1) is 0 Å². The number of rotatable bonds is 14. The maximum Gasteiger partial charge on any atom is 0.500 e. The van der Waals surface area contributed by atoms with Crippen LogP contribution in [0.1, 0.15) is 26.2 Å². The van der Waals surface area contributed by atoms with Crippen molar-refractivity contribution in [2.45, 2.75) is 32.2 Å². The van der Waals surface area contributed by atoms with Crippen molar-refractivity contribution in [3.63, 3.8) is 0 Å². The smallest absolute Gasteiger partial charge is 0.396 e. The quantitative estimate of drug-likeness (QED) is 0.366. The summed E-state index contributed by atoms with van der Waals surface area (Å²) in [7, 11) is 2.41. The normalized spacial score (nSPS) is 12.9. The second-order valence-electron chi connectivity index (χ2n) is 5.38. The molecule has 0 rings (SSSR count). The molecule has 0 aromatic heterocycles. The first-order valence-electron chi connectivity index (χ1n) is 7.80. The van der Waals surface area contributed by atoms with Crippen LogP contribution in [0.5, 0.6) is 0 Å². The molecule has 0 spiro atoms. The van der Waals surface area contributed by atoms with E-state index in [1.807, 2.05) is 0 Å². The molecule has 2 N–H and O–H groups in total. The van der Waals surface area contributed by atoms with Gasteiger partial charge in [0.15, 0.2) is 0 Å². The minimum atomic E-state index is -2.50. The van der Waals surface area contributed by atoms with Crippen LogP contribution < -0.4 is 0 Å². The predicted molar refractivity (Wildman–Crippen MR) is 85.0 cm³/mol. The molecule has 0 aliphatic rings.